The number of carbonyl (C=O) groups excluding carboxylic acids is 1. The number of hydrogen-bond donors (Lipinski definition) is 1. The zero-order chi connectivity index (χ0) is 13.3. The van der Waals surface area contributed by atoms with E-state index in [2.05, 4.69) is 26.2 Å². The Hall–Kier alpha value is -1.07. The minimum Gasteiger partial charge on any atom is -0.357 e. The van der Waals surface area contributed by atoms with E-state index in [9.17, 15) is 4.79 Å². The van der Waals surface area contributed by atoms with Crippen molar-refractivity contribution in [1.82, 2.24) is 14.9 Å². The molecule has 1 N–H and O–H groups in total. The molecule has 1 atom stereocenters. The first-order chi connectivity index (χ1) is 8.58. The summed E-state index contributed by atoms with van der Waals surface area (Å²) in [6.07, 6.45) is 0. The number of amides is 1. The molecule has 0 saturated carbocycles. The first-order valence-corrected chi connectivity index (χ1v) is 6.85. The van der Waals surface area contributed by atoms with Crippen molar-refractivity contribution >= 4 is 44.5 Å². The Morgan fingerprint density at radius 3 is 2.94 bits per heavy atom. The normalized spacial score (nSPS) is 12.7. The third kappa shape index (κ3) is 2.24. The van der Waals surface area contributed by atoms with Gasteiger partial charge in [-0.3, -0.25) is 4.79 Å². The molecule has 6 heteroatoms. The molecule has 0 saturated heterocycles. The van der Waals surface area contributed by atoms with E-state index in [0.29, 0.717) is 5.82 Å². The van der Waals surface area contributed by atoms with Crippen LogP contribution in [0.5, 0.6) is 0 Å². The summed E-state index contributed by atoms with van der Waals surface area (Å²) >= 11 is 9.31. The van der Waals surface area contributed by atoms with Gasteiger partial charge in [-0.15, -0.1) is 11.6 Å². The molecule has 4 nitrogen and oxygen atoms in total. The Morgan fingerprint density at radius 1 is 1.61 bits per heavy atom. The van der Waals surface area contributed by atoms with Gasteiger partial charge in [-0.25, -0.2) is 4.98 Å². The molecule has 96 valence electrons. The summed E-state index contributed by atoms with van der Waals surface area (Å²) in [5.74, 6) is 0.901. The monoisotopic (exact) mass is 329 g/mol. The van der Waals surface area contributed by atoms with Crippen LogP contribution in [0.15, 0.2) is 22.7 Å². The number of rotatable bonds is 3. The lowest BCUT2D eigenvalue weighted by Crippen LogP contribution is -2.28. The molecule has 0 fully saturated rings. The molecule has 1 aromatic carbocycles. The number of fused-ring (bicyclic) bond motifs is 1. The van der Waals surface area contributed by atoms with Crippen molar-refractivity contribution in [3.8, 4) is 0 Å². The summed E-state index contributed by atoms with van der Waals surface area (Å²) in [5.41, 5.74) is 1.74. The summed E-state index contributed by atoms with van der Waals surface area (Å²) < 4.78 is 2.82. The maximum atomic E-state index is 11.8. The Balaban J connectivity index is 2.63. The lowest BCUT2D eigenvalue weighted by Gasteiger charge is -2.15. The minimum absolute atomic E-state index is 0.0661. The molecular formula is C12H13BrClN3O. The van der Waals surface area contributed by atoms with Gasteiger partial charge in [-0.1, -0.05) is 15.9 Å². The van der Waals surface area contributed by atoms with Gasteiger partial charge in [0.1, 0.15) is 11.9 Å². The molecule has 0 spiro atoms. The number of benzene rings is 1. The molecule has 2 aromatic rings. The fourth-order valence-electron chi connectivity index (χ4n) is 1.97. The standard InChI is InChI=1S/C12H13BrClN3O/c1-7(12(18)15-2)17-10-4-3-8(13)5-9(10)16-11(17)6-14/h3-5,7H,6H2,1-2H3,(H,15,18). The van der Waals surface area contributed by atoms with E-state index >= 15 is 0 Å². The third-order valence-electron chi connectivity index (χ3n) is 2.86. The second kappa shape index (κ2) is 5.28. The molecule has 1 aromatic heterocycles. The highest BCUT2D eigenvalue weighted by molar-refractivity contribution is 9.10. The van der Waals surface area contributed by atoms with Crippen LogP contribution in [-0.2, 0) is 10.7 Å². The maximum absolute atomic E-state index is 11.8. The largest absolute Gasteiger partial charge is 0.357 e. The fraction of sp³-hybridized carbons (Fsp3) is 0.333. The molecule has 0 aliphatic heterocycles. The van der Waals surface area contributed by atoms with E-state index in [4.69, 9.17) is 11.6 Å². The van der Waals surface area contributed by atoms with Crippen molar-refractivity contribution in [2.75, 3.05) is 7.05 Å². The van der Waals surface area contributed by atoms with Gasteiger partial charge < -0.3 is 9.88 Å². The van der Waals surface area contributed by atoms with Crippen molar-refractivity contribution in [1.29, 1.82) is 0 Å². The Labute approximate surface area is 118 Å². The topological polar surface area (TPSA) is 46.9 Å². The minimum atomic E-state index is -0.338. The predicted molar refractivity (Wildman–Crippen MR) is 75.8 cm³/mol. The highest BCUT2D eigenvalue weighted by Gasteiger charge is 2.20. The first kappa shape index (κ1) is 13.4. The summed E-state index contributed by atoms with van der Waals surface area (Å²) in [5, 5.41) is 2.64. The van der Waals surface area contributed by atoms with Crippen LogP contribution in [0, 0.1) is 0 Å². The van der Waals surface area contributed by atoms with E-state index in [1.165, 1.54) is 0 Å². The molecule has 1 heterocycles. The van der Waals surface area contributed by atoms with Gasteiger partial charge in [0.05, 0.1) is 16.9 Å². The number of halogens is 2. The predicted octanol–water partition coefficient (Wildman–Crippen LogP) is 2.84. The van der Waals surface area contributed by atoms with Crippen molar-refractivity contribution < 1.29 is 4.79 Å². The highest BCUT2D eigenvalue weighted by Crippen LogP contribution is 2.25. The summed E-state index contributed by atoms with van der Waals surface area (Å²) in [7, 11) is 1.62. The smallest absolute Gasteiger partial charge is 0.242 e. The second-order valence-corrected chi connectivity index (χ2v) is 5.14. The fourth-order valence-corrected chi connectivity index (χ4v) is 2.51. The molecule has 0 aliphatic carbocycles. The van der Waals surface area contributed by atoms with Gasteiger partial charge in [0, 0.05) is 11.5 Å². The van der Waals surface area contributed by atoms with Crippen LogP contribution in [-0.4, -0.2) is 22.5 Å². The molecule has 1 amide bonds. The van der Waals surface area contributed by atoms with Gasteiger partial charge in [-0.2, -0.15) is 0 Å². The number of imidazole rings is 1. The summed E-state index contributed by atoms with van der Waals surface area (Å²) in [6, 6.07) is 5.44. The number of nitrogens with one attached hydrogen (secondary N) is 1. The van der Waals surface area contributed by atoms with E-state index in [1.807, 2.05) is 29.7 Å². The Kier molecular flexibility index (Phi) is 3.92. The highest BCUT2D eigenvalue weighted by atomic mass is 79.9. The van der Waals surface area contributed by atoms with Gasteiger partial charge in [0.2, 0.25) is 5.91 Å². The molecular weight excluding hydrogens is 318 g/mol. The van der Waals surface area contributed by atoms with Crippen molar-refractivity contribution in [3.05, 3.63) is 28.5 Å². The average Bonchev–Trinajstić information content (AvgIpc) is 2.74. The van der Waals surface area contributed by atoms with Crippen molar-refractivity contribution in [2.24, 2.45) is 0 Å². The van der Waals surface area contributed by atoms with Crippen LogP contribution >= 0.6 is 27.5 Å². The maximum Gasteiger partial charge on any atom is 0.242 e. The van der Waals surface area contributed by atoms with Crippen LogP contribution in [0.1, 0.15) is 18.8 Å². The average molecular weight is 331 g/mol. The van der Waals surface area contributed by atoms with Crippen LogP contribution < -0.4 is 5.32 Å². The van der Waals surface area contributed by atoms with E-state index in [0.717, 1.165) is 15.5 Å². The van der Waals surface area contributed by atoms with E-state index < -0.39 is 0 Å². The van der Waals surface area contributed by atoms with E-state index in [-0.39, 0.29) is 17.8 Å². The number of hydrogen-bond acceptors (Lipinski definition) is 2. The van der Waals surface area contributed by atoms with Gasteiger partial charge in [0.25, 0.3) is 0 Å². The Morgan fingerprint density at radius 2 is 2.33 bits per heavy atom. The van der Waals surface area contributed by atoms with Crippen LogP contribution in [0.4, 0.5) is 0 Å². The number of alkyl halides is 1. The molecule has 2 rings (SSSR count). The molecule has 0 bridgehead atoms. The quantitative estimate of drug-likeness (QED) is 0.880. The number of carbonyl (C=O) groups is 1. The SMILES string of the molecule is CNC(=O)C(C)n1c(CCl)nc2cc(Br)ccc21. The number of nitrogens with zero attached hydrogens (tertiary/aromatic N) is 2. The van der Waals surface area contributed by atoms with E-state index in [1.54, 1.807) is 7.05 Å². The van der Waals surface area contributed by atoms with Crippen LogP contribution in [0.25, 0.3) is 11.0 Å². The van der Waals surface area contributed by atoms with Crippen LogP contribution in [0.3, 0.4) is 0 Å². The Bertz CT molecular complexity index is 596. The molecule has 18 heavy (non-hydrogen) atoms. The third-order valence-corrected chi connectivity index (χ3v) is 3.59. The number of likely N-dealkylation sites (N-methyl/N-ethyl adjacent to an activating group) is 1. The van der Waals surface area contributed by atoms with Crippen molar-refractivity contribution in [3.63, 3.8) is 0 Å². The summed E-state index contributed by atoms with van der Waals surface area (Å²) in [6.45, 7) is 1.83. The lowest BCUT2D eigenvalue weighted by atomic mass is 10.2. The first-order valence-electron chi connectivity index (χ1n) is 5.52. The zero-order valence-electron chi connectivity index (χ0n) is 10.1. The number of aromatic nitrogens is 2. The van der Waals surface area contributed by atoms with Crippen molar-refractivity contribution in [2.45, 2.75) is 18.8 Å². The summed E-state index contributed by atoms with van der Waals surface area (Å²) in [4.78, 5) is 16.2. The van der Waals surface area contributed by atoms with Gasteiger partial charge in [-0.05, 0) is 25.1 Å². The molecule has 0 aliphatic rings. The van der Waals surface area contributed by atoms with Crippen LogP contribution in [0.2, 0.25) is 0 Å². The van der Waals surface area contributed by atoms with Gasteiger partial charge >= 0.3 is 0 Å². The van der Waals surface area contributed by atoms with Gasteiger partial charge in [0.15, 0.2) is 0 Å². The zero-order valence-corrected chi connectivity index (χ0v) is 12.4. The second-order valence-electron chi connectivity index (χ2n) is 3.95. The lowest BCUT2D eigenvalue weighted by molar-refractivity contribution is -0.123. The molecule has 1 unspecified atom stereocenters. The molecule has 0 radical (unpaired) electrons.